The molecule has 2 aromatic rings. The van der Waals surface area contributed by atoms with Gasteiger partial charge in [0.1, 0.15) is 0 Å². The topological polar surface area (TPSA) is 12.9 Å². The minimum Gasteiger partial charge on any atom is -0.241 e. The van der Waals surface area contributed by atoms with Gasteiger partial charge < -0.3 is 0 Å². The lowest BCUT2D eigenvalue weighted by Gasteiger charge is -2.43. The van der Waals surface area contributed by atoms with Crippen LogP contribution in [0.3, 0.4) is 0 Å². The van der Waals surface area contributed by atoms with E-state index < -0.39 is 14.9 Å². The molecular weight excluding hydrogens is 358 g/mol. The van der Waals surface area contributed by atoms with Crippen LogP contribution in [-0.4, -0.2) is 4.98 Å². The fraction of sp³-hybridized carbons (Fsp3) is 0. The third-order valence-corrected chi connectivity index (χ3v) is 4.36. The largest absolute Gasteiger partial charge is 0.255 e. The van der Waals surface area contributed by atoms with Gasteiger partial charge in [-0.05, 0) is 46.1 Å². The van der Waals surface area contributed by atoms with Crippen molar-refractivity contribution < 1.29 is 15.5 Å². The quantitative estimate of drug-likeness (QED) is 0.471. The molecule has 0 fully saturated rings. The van der Waals surface area contributed by atoms with Crippen LogP contribution in [0.2, 0.25) is 0 Å². The third-order valence-electron chi connectivity index (χ3n) is 2.30. The molecule has 1 aromatic carbocycles. The van der Waals surface area contributed by atoms with E-state index in [1.807, 2.05) is 5.92 Å². The molecule has 1 heterocycles. The van der Waals surface area contributed by atoms with Gasteiger partial charge in [-0.25, -0.2) is 4.98 Å². The SMILES string of the molecule is FS(F)(F)(F)(C#Cc1ccccc1)c1ccc(Br)cn1. The van der Waals surface area contributed by atoms with Gasteiger partial charge in [-0.1, -0.05) is 18.2 Å². The predicted molar refractivity (Wildman–Crippen MR) is 75.5 cm³/mol. The summed E-state index contributed by atoms with van der Waals surface area (Å²) in [6.45, 7) is 0. The summed E-state index contributed by atoms with van der Waals surface area (Å²) in [5, 5.41) is -0.713. The molecule has 0 aliphatic rings. The predicted octanol–water partition coefficient (Wildman–Crippen LogP) is 5.63. The maximum absolute atomic E-state index is 13.9. The zero-order valence-corrected chi connectivity index (χ0v) is 12.3. The Morgan fingerprint density at radius 2 is 1.60 bits per heavy atom. The van der Waals surface area contributed by atoms with Gasteiger partial charge in [-0.3, -0.25) is 0 Å². The molecule has 106 valence electrons. The van der Waals surface area contributed by atoms with Crippen LogP contribution in [0.15, 0.2) is 58.2 Å². The van der Waals surface area contributed by atoms with Crippen molar-refractivity contribution in [1.29, 1.82) is 0 Å². The smallest absolute Gasteiger partial charge is 0.241 e. The molecule has 0 amide bonds. The molecule has 0 aliphatic heterocycles. The normalized spacial score (nSPS) is 14.7. The molecule has 0 atom stereocenters. The highest BCUT2D eigenvalue weighted by atomic mass is 79.9. The lowest BCUT2D eigenvalue weighted by molar-refractivity contribution is 0.462. The number of pyridine rings is 1. The van der Waals surface area contributed by atoms with Crippen LogP contribution < -0.4 is 0 Å². The molecule has 7 heteroatoms. The van der Waals surface area contributed by atoms with Crippen molar-refractivity contribution in [3.05, 3.63) is 58.7 Å². The minimum atomic E-state index is -8.70. The van der Waals surface area contributed by atoms with Crippen LogP contribution in [0.4, 0.5) is 15.5 Å². The van der Waals surface area contributed by atoms with E-state index in [0.29, 0.717) is 10.5 Å². The molecule has 0 saturated heterocycles. The Hall–Kier alpha value is -1.52. The number of halogens is 5. The summed E-state index contributed by atoms with van der Waals surface area (Å²) in [5.74, 6) is 1.83. The average Bonchev–Trinajstić information content (AvgIpc) is 2.37. The third kappa shape index (κ3) is 3.32. The lowest BCUT2D eigenvalue weighted by atomic mass is 10.2. The molecule has 0 radical (unpaired) electrons. The maximum Gasteiger partial charge on any atom is 0.255 e. The number of hydrogen-bond acceptors (Lipinski definition) is 1. The molecule has 0 unspecified atom stereocenters. The van der Waals surface area contributed by atoms with Gasteiger partial charge in [0, 0.05) is 21.5 Å². The molecule has 1 aromatic heterocycles. The highest BCUT2D eigenvalue weighted by molar-refractivity contribution is 9.10. The number of hydrogen-bond donors (Lipinski definition) is 0. The number of rotatable bonds is 1. The minimum absolute atomic E-state index is 0.0835. The first-order chi connectivity index (χ1) is 9.09. The summed E-state index contributed by atoms with van der Waals surface area (Å²) in [5.41, 5.74) is 0.0835. The van der Waals surface area contributed by atoms with Crippen LogP contribution in [0.1, 0.15) is 5.56 Å². The van der Waals surface area contributed by atoms with Gasteiger partial charge in [0.15, 0.2) is 5.03 Å². The molecule has 0 N–H and O–H groups in total. The molecule has 2 rings (SSSR count). The van der Waals surface area contributed by atoms with E-state index in [4.69, 9.17) is 0 Å². The fourth-order valence-electron chi connectivity index (χ4n) is 1.34. The summed E-state index contributed by atoms with van der Waals surface area (Å²) in [6.07, 6.45) is 0.887. The van der Waals surface area contributed by atoms with Crippen molar-refractivity contribution in [2.45, 2.75) is 5.03 Å². The van der Waals surface area contributed by atoms with E-state index in [1.54, 1.807) is 6.07 Å². The monoisotopic (exact) mass is 365 g/mol. The van der Waals surface area contributed by atoms with Gasteiger partial charge in [0.05, 0.1) is 0 Å². The van der Waals surface area contributed by atoms with Gasteiger partial charge in [-0.15, -0.1) is 15.5 Å². The highest BCUT2D eigenvalue weighted by Crippen LogP contribution is 2.99. The van der Waals surface area contributed by atoms with E-state index in [2.05, 4.69) is 20.9 Å². The first kappa shape index (κ1) is 14.9. The first-order valence-corrected chi connectivity index (χ1v) is 8.15. The Morgan fingerprint density at radius 3 is 2.15 bits per heavy atom. The highest BCUT2D eigenvalue weighted by Gasteiger charge is 2.65. The summed E-state index contributed by atoms with van der Waals surface area (Å²) >= 11 is 2.95. The molecule has 0 bridgehead atoms. The Kier molecular flexibility index (Phi) is 3.15. The van der Waals surface area contributed by atoms with Gasteiger partial charge >= 0.3 is 0 Å². The summed E-state index contributed by atoms with van der Waals surface area (Å²) < 4.78 is 55.9. The van der Waals surface area contributed by atoms with Crippen LogP contribution in [0.5, 0.6) is 0 Å². The first-order valence-electron chi connectivity index (χ1n) is 5.31. The van der Waals surface area contributed by atoms with Crippen molar-refractivity contribution in [2.75, 3.05) is 0 Å². The Balaban J connectivity index is 2.55. The molecule has 0 aliphatic carbocycles. The van der Waals surface area contributed by atoms with Crippen molar-refractivity contribution in [2.24, 2.45) is 0 Å². The summed E-state index contributed by atoms with van der Waals surface area (Å²) in [4.78, 5) is 3.11. The number of aromatic nitrogens is 1. The van der Waals surface area contributed by atoms with Crippen molar-refractivity contribution in [3.8, 4) is 11.2 Å². The van der Waals surface area contributed by atoms with Gasteiger partial charge in [-0.2, -0.15) is 0 Å². The summed E-state index contributed by atoms with van der Waals surface area (Å²) in [6, 6.07) is 9.07. The van der Waals surface area contributed by atoms with Crippen LogP contribution in [0, 0.1) is 11.2 Å². The van der Waals surface area contributed by atoms with E-state index in [0.717, 1.165) is 17.5 Å². The molecule has 20 heavy (non-hydrogen) atoms. The second-order valence-corrected chi connectivity index (χ2v) is 7.65. The van der Waals surface area contributed by atoms with E-state index in [9.17, 15) is 15.5 Å². The molecule has 0 saturated carbocycles. The van der Waals surface area contributed by atoms with Crippen LogP contribution >= 0.6 is 25.8 Å². The molecular formula is C13H8BrF4NS. The van der Waals surface area contributed by atoms with Crippen molar-refractivity contribution in [1.82, 2.24) is 4.98 Å². The van der Waals surface area contributed by atoms with Crippen LogP contribution in [0.25, 0.3) is 0 Å². The number of nitrogens with zero attached hydrogens (tertiary/aromatic N) is 1. The molecule has 1 nitrogen and oxygen atoms in total. The second-order valence-electron chi connectivity index (χ2n) is 3.98. The second kappa shape index (κ2) is 4.24. The van der Waals surface area contributed by atoms with Crippen molar-refractivity contribution in [3.63, 3.8) is 0 Å². The van der Waals surface area contributed by atoms with E-state index in [1.165, 1.54) is 24.3 Å². The van der Waals surface area contributed by atoms with Crippen LogP contribution in [-0.2, 0) is 0 Å². The molecule has 0 spiro atoms. The fourth-order valence-corrected chi connectivity index (χ4v) is 2.61. The van der Waals surface area contributed by atoms with E-state index in [-0.39, 0.29) is 5.56 Å². The summed E-state index contributed by atoms with van der Waals surface area (Å²) in [7, 11) is -8.70. The van der Waals surface area contributed by atoms with E-state index >= 15 is 0 Å². The zero-order valence-electron chi connectivity index (χ0n) is 9.86. The van der Waals surface area contributed by atoms with Crippen molar-refractivity contribution >= 4 is 25.8 Å². The van der Waals surface area contributed by atoms with Gasteiger partial charge in [0.25, 0.3) is 9.84 Å². The zero-order chi connectivity index (χ0) is 14.9. The Bertz CT molecular complexity index is 698. The Labute approximate surface area is 121 Å². The average molecular weight is 366 g/mol. The van der Waals surface area contributed by atoms with Gasteiger partial charge in [0.2, 0.25) is 0 Å². The number of benzene rings is 1. The maximum atomic E-state index is 13.9. The lowest BCUT2D eigenvalue weighted by Crippen LogP contribution is -2.12. The Morgan fingerprint density at radius 1 is 0.950 bits per heavy atom. The standard InChI is InChI=1S/C13H8BrF4NS/c14-12-6-7-13(19-10-12)20(15,16,17,18)9-8-11-4-2-1-3-5-11/h1-7,10H.